The van der Waals surface area contributed by atoms with Crippen LogP contribution in [0.1, 0.15) is 10.4 Å². The summed E-state index contributed by atoms with van der Waals surface area (Å²) in [5.41, 5.74) is 9.53. The molecule has 9 nitrogen and oxygen atoms in total. The van der Waals surface area contributed by atoms with Crippen molar-refractivity contribution < 1.29 is 9.90 Å². The second-order valence-corrected chi connectivity index (χ2v) is 7.89. The molecule has 5 rings (SSSR count). The van der Waals surface area contributed by atoms with Crippen LogP contribution >= 0.6 is 0 Å². The molecule has 158 valence electrons. The van der Waals surface area contributed by atoms with Crippen molar-refractivity contribution in [1.29, 1.82) is 0 Å². The Hall–Kier alpha value is -3.85. The summed E-state index contributed by atoms with van der Waals surface area (Å²) >= 11 is 0. The van der Waals surface area contributed by atoms with Crippen LogP contribution in [0.25, 0.3) is 33.3 Å². The third-order valence-electron chi connectivity index (χ3n) is 5.87. The summed E-state index contributed by atoms with van der Waals surface area (Å²) in [7, 11) is 2.12. The summed E-state index contributed by atoms with van der Waals surface area (Å²) < 4.78 is 0. The van der Waals surface area contributed by atoms with Gasteiger partial charge in [-0.25, -0.2) is 9.78 Å². The molecular formula is C22H22N6O3. The van der Waals surface area contributed by atoms with E-state index in [2.05, 4.69) is 31.8 Å². The van der Waals surface area contributed by atoms with Crippen LogP contribution in [-0.2, 0) is 0 Å². The van der Waals surface area contributed by atoms with Crippen molar-refractivity contribution in [2.45, 2.75) is 0 Å². The first-order chi connectivity index (χ1) is 14.9. The van der Waals surface area contributed by atoms with E-state index >= 15 is 0 Å². The van der Waals surface area contributed by atoms with E-state index in [-0.39, 0.29) is 22.4 Å². The molecule has 0 atom stereocenters. The summed E-state index contributed by atoms with van der Waals surface area (Å²) in [5.74, 6) is -0.707. The molecule has 0 aliphatic carbocycles. The number of benzene rings is 2. The van der Waals surface area contributed by atoms with Gasteiger partial charge in [0.15, 0.2) is 0 Å². The highest BCUT2D eigenvalue weighted by Gasteiger charge is 2.19. The molecule has 3 heterocycles. The van der Waals surface area contributed by atoms with Crippen molar-refractivity contribution in [1.82, 2.24) is 19.9 Å². The number of piperazine rings is 1. The Balaban J connectivity index is 1.60. The molecule has 0 spiro atoms. The van der Waals surface area contributed by atoms with E-state index in [0.29, 0.717) is 16.7 Å². The predicted molar refractivity (Wildman–Crippen MR) is 121 cm³/mol. The highest BCUT2D eigenvalue weighted by atomic mass is 16.4. The first kappa shape index (κ1) is 19.1. The van der Waals surface area contributed by atoms with Gasteiger partial charge in [0.2, 0.25) is 0 Å². The lowest BCUT2D eigenvalue weighted by Gasteiger charge is -2.34. The molecule has 4 aromatic rings. The van der Waals surface area contributed by atoms with Crippen molar-refractivity contribution in [3.05, 3.63) is 52.3 Å². The summed E-state index contributed by atoms with van der Waals surface area (Å²) in [6.45, 7) is 3.90. The number of hydrogen-bond acceptors (Lipinski definition) is 6. The molecule has 2 aromatic carbocycles. The van der Waals surface area contributed by atoms with Gasteiger partial charge in [0.1, 0.15) is 11.4 Å². The Bertz CT molecular complexity index is 1380. The smallest absolute Gasteiger partial charge is 0.335 e. The van der Waals surface area contributed by atoms with Crippen LogP contribution in [0, 0.1) is 0 Å². The molecule has 0 radical (unpaired) electrons. The van der Waals surface area contributed by atoms with Gasteiger partial charge in [-0.1, -0.05) is 0 Å². The van der Waals surface area contributed by atoms with Crippen molar-refractivity contribution >= 4 is 39.3 Å². The standard InChI is InChI=1S/C22H22N6O3/c1-27-6-8-28(9-7-27)13-3-5-16-17(11-13)25-20(24-16)18-19(23)14-10-12(22(30)31)2-4-15(14)26-21(18)29/h2-5,10-11H,6-9H2,1H3,(H,24,25)(H,30,31)(H3,23,26,29). The van der Waals surface area contributed by atoms with Gasteiger partial charge < -0.3 is 30.6 Å². The zero-order valence-electron chi connectivity index (χ0n) is 17.0. The zero-order chi connectivity index (χ0) is 21.7. The van der Waals surface area contributed by atoms with E-state index in [4.69, 9.17) is 5.73 Å². The number of carboxylic acid groups (broad SMARTS) is 1. The molecule has 31 heavy (non-hydrogen) atoms. The Kier molecular flexibility index (Phi) is 4.40. The van der Waals surface area contributed by atoms with Gasteiger partial charge in [-0.15, -0.1) is 0 Å². The summed E-state index contributed by atoms with van der Waals surface area (Å²) in [6.07, 6.45) is 0. The van der Waals surface area contributed by atoms with Gasteiger partial charge in [0, 0.05) is 37.3 Å². The third kappa shape index (κ3) is 3.28. The van der Waals surface area contributed by atoms with Gasteiger partial charge in [0.25, 0.3) is 5.56 Å². The predicted octanol–water partition coefficient (Wildman–Crippen LogP) is 2.10. The van der Waals surface area contributed by atoms with E-state index in [0.717, 1.165) is 42.9 Å². The first-order valence-electron chi connectivity index (χ1n) is 10.0. The number of H-pyrrole nitrogens is 2. The van der Waals surface area contributed by atoms with Crippen LogP contribution < -0.4 is 16.2 Å². The van der Waals surface area contributed by atoms with Gasteiger partial charge in [-0.2, -0.15) is 0 Å². The summed E-state index contributed by atoms with van der Waals surface area (Å²) in [4.78, 5) is 39.3. The van der Waals surface area contributed by atoms with Crippen molar-refractivity contribution in [2.24, 2.45) is 0 Å². The molecule has 1 fully saturated rings. The first-order valence-corrected chi connectivity index (χ1v) is 10.0. The Labute approximate surface area is 177 Å². The number of carboxylic acids is 1. The van der Waals surface area contributed by atoms with Gasteiger partial charge in [-0.3, -0.25) is 4.79 Å². The maximum atomic E-state index is 12.8. The quantitative estimate of drug-likeness (QED) is 0.401. The number of rotatable bonds is 3. The van der Waals surface area contributed by atoms with Gasteiger partial charge >= 0.3 is 5.97 Å². The number of aromatic carboxylic acids is 1. The fraction of sp³-hybridized carbons (Fsp3) is 0.227. The van der Waals surface area contributed by atoms with E-state index in [9.17, 15) is 14.7 Å². The van der Waals surface area contributed by atoms with Crippen LogP contribution in [0.2, 0.25) is 0 Å². The molecular weight excluding hydrogens is 396 g/mol. The molecule has 1 aliphatic heterocycles. The molecule has 9 heteroatoms. The van der Waals surface area contributed by atoms with Crippen LogP contribution in [0.4, 0.5) is 11.4 Å². The van der Waals surface area contributed by atoms with E-state index in [1.165, 1.54) is 12.1 Å². The van der Waals surface area contributed by atoms with E-state index in [1.807, 2.05) is 18.2 Å². The largest absolute Gasteiger partial charge is 0.478 e. The molecule has 5 N–H and O–H groups in total. The van der Waals surface area contributed by atoms with Crippen LogP contribution in [0.5, 0.6) is 0 Å². The lowest BCUT2D eigenvalue weighted by Crippen LogP contribution is -2.44. The fourth-order valence-corrected chi connectivity index (χ4v) is 4.06. The number of pyridine rings is 1. The Morgan fingerprint density at radius 1 is 1.06 bits per heavy atom. The number of likely N-dealkylation sites (N-methyl/N-ethyl adjacent to an activating group) is 1. The van der Waals surface area contributed by atoms with Crippen LogP contribution in [-0.4, -0.2) is 64.2 Å². The average Bonchev–Trinajstić information content (AvgIpc) is 3.16. The average molecular weight is 418 g/mol. The molecule has 0 saturated carbocycles. The number of imidazole rings is 1. The SMILES string of the molecule is CN1CCN(c2ccc3[nH]c(-c4c(N)c5cc(C(=O)O)ccc5[nH]c4=O)nc3c2)CC1. The number of nitrogens with one attached hydrogen (secondary N) is 2. The highest BCUT2D eigenvalue weighted by molar-refractivity contribution is 6.01. The van der Waals surface area contributed by atoms with E-state index < -0.39 is 5.97 Å². The second-order valence-electron chi connectivity index (χ2n) is 7.89. The number of hydrogen-bond donors (Lipinski definition) is 4. The molecule has 0 unspecified atom stereocenters. The fourth-order valence-electron chi connectivity index (χ4n) is 4.06. The number of aromatic amines is 2. The number of carbonyl (C=O) groups is 1. The van der Waals surface area contributed by atoms with E-state index in [1.54, 1.807) is 6.07 Å². The number of nitrogen functional groups attached to an aromatic ring is 1. The Morgan fingerprint density at radius 2 is 1.81 bits per heavy atom. The Morgan fingerprint density at radius 3 is 2.55 bits per heavy atom. The number of nitrogens with two attached hydrogens (primary N) is 1. The zero-order valence-corrected chi connectivity index (χ0v) is 17.0. The lowest BCUT2D eigenvalue weighted by molar-refractivity contribution is 0.0697. The normalized spacial score (nSPS) is 15.1. The minimum Gasteiger partial charge on any atom is -0.478 e. The number of nitrogens with zero attached hydrogens (tertiary/aromatic N) is 3. The summed E-state index contributed by atoms with van der Waals surface area (Å²) in [5, 5.41) is 9.75. The topological polar surface area (TPSA) is 131 Å². The maximum Gasteiger partial charge on any atom is 0.335 e. The van der Waals surface area contributed by atoms with Crippen molar-refractivity contribution in [3.8, 4) is 11.4 Å². The lowest BCUT2D eigenvalue weighted by atomic mass is 10.1. The number of anilines is 2. The summed E-state index contributed by atoms with van der Waals surface area (Å²) in [6, 6.07) is 10.4. The minimum absolute atomic E-state index is 0.0959. The molecule has 0 amide bonds. The van der Waals surface area contributed by atoms with Gasteiger partial charge in [-0.05, 0) is 43.4 Å². The van der Waals surface area contributed by atoms with Crippen LogP contribution in [0.3, 0.4) is 0 Å². The maximum absolute atomic E-state index is 12.8. The number of aromatic nitrogens is 3. The van der Waals surface area contributed by atoms with Crippen molar-refractivity contribution in [2.75, 3.05) is 43.9 Å². The third-order valence-corrected chi connectivity index (χ3v) is 5.87. The minimum atomic E-state index is -1.06. The monoisotopic (exact) mass is 418 g/mol. The number of fused-ring (bicyclic) bond motifs is 2. The second kappa shape index (κ2) is 7.13. The molecule has 2 aromatic heterocycles. The van der Waals surface area contributed by atoms with Crippen LogP contribution in [0.15, 0.2) is 41.2 Å². The molecule has 0 bridgehead atoms. The molecule has 1 saturated heterocycles. The molecule has 1 aliphatic rings. The van der Waals surface area contributed by atoms with Crippen molar-refractivity contribution in [3.63, 3.8) is 0 Å². The van der Waals surface area contributed by atoms with Gasteiger partial charge in [0.05, 0.1) is 27.8 Å². The highest BCUT2D eigenvalue weighted by Crippen LogP contribution is 2.30.